The van der Waals surface area contributed by atoms with Gasteiger partial charge in [-0.1, -0.05) is 25.8 Å². The third-order valence-corrected chi connectivity index (χ3v) is 7.69. The number of carbonyl (C=O) groups is 1. The van der Waals surface area contributed by atoms with E-state index in [4.69, 9.17) is 13.0 Å². The highest BCUT2D eigenvalue weighted by molar-refractivity contribution is 6.20. The van der Waals surface area contributed by atoms with Crippen molar-refractivity contribution in [1.29, 1.82) is 0 Å². The van der Waals surface area contributed by atoms with Crippen molar-refractivity contribution in [2.75, 3.05) is 31.1 Å². The summed E-state index contributed by atoms with van der Waals surface area (Å²) >= 11 is 0. The number of piperazine rings is 1. The molecule has 6 rings (SSSR count). The first-order valence-corrected chi connectivity index (χ1v) is 11.6. The Bertz CT molecular complexity index is 1400. The Balaban J connectivity index is 1.46. The lowest BCUT2D eigenvalue weighted by Gasteiger charge is -2.38. The van der Waals surface area contributed by atoms with Crippen LogP contribution in [0.1, 0.15) is 59.4 Å². The first kappa shape index (κ1) is 20.1. The molecule has 2 fully saturated rings. The second-order valence-electron chi connectivity index (χ2n) is 9.99. The number of nitrogens with zero attached hydrogens (tertiary/aromatic N) is 3. The molecule has 3 aromatic rings. The van der Waals surface area contributed by atoms with Gasteiger partial charge in [-0.25, -0.2) is 4.85 Å². The van der Waals surface area contributed by atoms with Crippen LogP contribution in [-0.4, -0.2) is 47.9 Å². The SMILES string of the molecule is [C-]#[N+]c1cc2c(cc1N1CCN(C3CC3)CC1)C(C)(C)c1[nH]c3cc(C#C)ccc3c1C2=O. The average Bonchev–Trinajstić information content (AvgIpc) is 3.61. The summed E-state index contributed by atoms with van der Waals surface area (Å²) < 4.78 is 0. The molecule has 164 valence electrons. The van der Waals surface area contributed by atoms with E-state index >= 15 is 0 Å². The molecule has 0 unspecified atom stereocenters. The Hall–Kier alpha value is -3.54. The Morgan fingerprint density at radius 3 is 2.58 bits per heavy atom. The molecule has 33 heavy (non-hydrogen) atoms. The molecule has 5 nitrogen and oxygen atoms in total. The Morgan fingerprint density at radius 1 is 1.15 bits per heavy atom. The van der Waals surface area contributed by atoms with Gasteiger partial charge in [-0.15, -0.1) is 6.42 Å². The van der Waals surface area contributed by atoms with Crippen molar-refractivity contribution in [3.8, 4) is 12.3 Å². The van der Waals surface area contributed by atoms with E-state index in [0.29, 0.717) is 16.8 Å². The van der Waals surface area contributed by atoms with Crippen LogP contribution in [0.3, 0.4) is 0 Å². The fourth-order valence-corrected chi connectivity index (χ4v) is 5.65. The molecule has 5 heteroatoms. The van der Waals surface area contributed by atoms with Crippen LogP contribution in [0.25, 0.3) is 15.7 Å². The molecule has 0 atom stereocenters. The third kappa shape index (κ3) is 2.93. The molecule has 2 heterocycles. The fourth-order valence-electron chi connectivity index (χ4n) is 5.65. The Kier molecular flexibility index (Phi) is 4.25. The minimum absolute atomic E-state index is 0.0194. The molecule has 1 saturated heterocycles. The predicted molar refractivity (Wildman–Crippen MR) is 131 cm³/mol. The summed E-state index contributed by atoms with van der Waals surface area (Å²) in [5.41, 5.74) is 6.02. The maximum Gasteiger partial charge on any atom is 0.210 e. The Labute approximate surface area is 194 Å². The maximum absolute atomic E-state index is 13.7. The Morgan fingerprint density at radius 2 is 1.91 bits per heavy atom. The zero-order valence-corrected chi connectivity index (χ0v) is 19.0. The summed E-state index contributed by atoms with van der Waals surface area (Å²) in [5.74, 6) is 2.65. The lowest BCUT2D eigenvalue weighted by molar-refractivity contribution is 0.103. The standard InChI is InChI=1S/C28H26N4O/c1-5-17-6-9-19-22(14-17)30-27-25(19)26(33)20-15-23(29-4)24(16-21(20)28(27,2)3)32-12-10-31(11-13-32)18-7-8-18/h1,6,9,14-16,18,30H,7-8,10-13H2,2-3H3. The number of terminal acetylenes is 1. The summed E-state index contributed by atoms with van der Waals surface area (Å²) in [6, 6.07) is 10.4. The molecule has 1 aliphatic heterocycles. The summed E-state index contributed by atoms with van der Waals surface area (Å²) in [7, 11) is 0. The molecular formula is C28H26N4O. The monoisotopic (exact) mass is 434 g/mol. The van der Waals surface area contributed by atoms with Gasteiger partial charge in [0.25, 0.3) is 0 Å². The summed E-state index contributed by atoms with van der Waals surface area (Å²) in [4.78, 5) is 26.0. The largest absolute Gasteiger partial charge is 0.378 e. The van der Waals surface area contributed by atoms with Crippen LogP contribution in [-0.2, 0) is 5.41 Å². The zero-order valence-electron chi connectivity index (χ0n) is 19.0. The molecule has 2 aliphatic carbocycles. The van der Waals surface area contributed by atoms with Crippen LogP contribution < -0.4 is 4.90 Å². The van der Waals surface area contributed by atoms with Crippen molar-refractivity contribution < 1.29 is 4.79 Å². The number of anilines is 1. The molecule has 0 bridgehead atoms. The van der Waals surface area contributed by atoms with Gasteiger partial charge >= 0.3 is 0 Å². The first-order valence-electron chi connectivity index (χ1n) is 11.6. The average molecular weight is 435 g/mol. The van der Waals surface area contributed by atoms with Crippen LogP contribution in [0.2, 0.25) is 0 Å². The number of nitrogens with one attached hydrogen (secondary N) is 1. The van der Waals surface area contributed by atoms with Crippen LogP contribution in [0.15, 0.2) is 30.3 Å². The lowest BCUT2D eigenvalue weighted by Crippen LogP contribution is -2.47. The van der Waals surface area contributed by atoms with Crippen molar-refractivity contribution in [3.05, 3.63) is 69.7 Å². The first-order chi connectivity index (χ1) is 15.9. The van der Waals surface area contributed by atoms with Gasteiger partial charge in [0, 0.05) is 71.0 Å². The van der Waals surface area contributed by atoms with Crippen molar-refractivity contribution in [2.24, 2.45) is 0 Å². The fraction of sp³-hybridized carbons (Fsp3) is 0.357. The molecule has 0 spiro atoms. The van der Waals surface area contributed by atoms with Gasteiger partial charge in [-0.2, -0.15) is 0 Å². The number of hydrogen-bond donors (Lipinski definition) is 1. The van der Waals surface area contributed by atoms with Crippen LogP contribution in [0.4, 0.5) is 11.4 Å². The van der Waals surface area contributed by atoms with Gasteiger partial charge in [0.05, 0.1) is 12.1 Å². The van der Waals surface area contributed by atoms with E-state index in [0.717, 1.165) is 65.6 Å². The van der Waals surface area contributed by atoms with E-state index in [1.165, 1.54) is 12.8 Å². The number of hydrogen-bond acceptors (Lipinski definition) is 3. The van der Waals surface area contributed by atoms with Crippen molar-refractivity contribution >= 4 is 28.1 Å². The highest BCUT2D eigenvalue weighted by Crippen LogP contribution is 2.47. The van der Waals surface area contributed by atoms with Crippen molar-refractivity contribution in [3.63, 3.8) is 0 Å². The number of carbonyl (C=O) groups excluding carboxylic acids is 1. The van der Waals surface area contributed by atoms with Gasteiger partial charge < -0.3 is 9.88 Å². The minimum atomic E-state index is -0.404. The molecule has 2 aromatic carbocycles. The number of benzene rings is 2. The number of H-pyrrole nitrogens is 1. The smallest absolute Gasteiger partial charge is 0.210 e. The van der Waals surface area contributed by atoms with Crippen molar-refractivity contribution in [1.82, 2.24) is 9.88 Å². The van der Waals surface area contributed by atoms with Gasteiger partial charge in [0.1, 0.15) is 0 Å². The molecule has 1 aromatic heterocycles. The quantitative estimate of drug-likeness (QED) is 0.463. The second kappa shape index (κ2) is 6.98. The molecular weight excluding hydrogens is 408 g/mol. The van der Waals surface area contributed by atoms with Crippen LogP contribution in [0, 0.1) is 18.9 Å². The summed E-state index contributed by atoms with van der Waals surface area (Å²) in [6.07, 6.45) is 8.23. The summed E-state index contributed by atoms with van der Waals surface area (Å²) in [5, 5.41) is 0.886. The van der Waals surface area contributed by atoms with Gasteiger partial charge in [-0.3, -0.25) is 9.69 Å². The van der Waals surface area contributed by atoms with E-state index in [9.17, 15) is 4.79 Å². The minimum Gasteiger partial charge on any atom is -0.378 e. The molecule has 0 radical (unpaired) electrons. The van der Waals surface area contributed by atoms with Gasteiger partial charge in [0.2, 0.25) is 5.69 Å². The second-order valence-corrected chi connectivity index (χ2v) is 9.99. The number of aromatic nitrogens is 1. The maximum atomic E-state index is 13.7. The lowest BCUT2D eigenvalue weighted by atomic mass is 9.71. The number of ketones is 1. The van der Waals surface area contributed by atoms with Crippen LogP contribution >= 0.6 is 0 Å². The molecule has 1 saturated carbocycles. The molecule has 0 amide bonds. The summed E-state index contributed by atoms with van der Waals surface area (Å²) in [6.45, 7) is 16.0. The highest BCUT2D eigenvalue weighted by Gasteiger charge is 2.41. The topological polar surface area (TPSA) is 43.7 Å². The molecule has 1 N–H and O–H groups in total. The van der Waals surface area contributed by atoms with Crippen molar-refractivity contribution in [2.45, 2.75) is 38.1 Å². The highest BCUT2D eigenvalue weighted by atomic mass is 16.1. The van der Waals surface area contributed by atoms with E-state index < -0.39 is 5.41 Å². The van der Waals surface area contributed by atoms with E-state index in [2.05, 4.69) is 45.5 Å². The van der Waals surface area contributed by atoms with Gasteiger partial charge in [0.15, 0.2) is 5.78 Å². The van der Waals surface area contributed by atoms with Gasteiger partial charge in [-0.05, 0) is 42.7 Å². The van der Waals surface area contributed by atoms with E-state index in [1.54, 1.807) is 0 Å². The molecule has 3 aliphatic rings. The zero-order chi connectivity index (χ0) is 22.9. The number of aromatic amines is 1. The predicted octanol–water partition coefficient (Wildman–Crippen LogP) is 4.85. The number of fused-ring (bicyclic) bond motifs is 4. The van der Waals surface area contributed by atoms with Crippen LogP contribution in [0.5, 0.6) is 0 Å². The third-order valence-electron chi connectivity index (χ3n) is 7.69. The number of rotatable bonds is 2. The van der Waals surface area contributed by atoms with E-state index in [-0.39, 0.29) is 5.78 Å². The van der Waals surface area contributed by atoms with E-state index in [1.807, 2.05) is 24.3 Å². The normalized spacial score (nSPS) is 19.6.